The topological polar surface area (TPSA) is 12.0 Å². The molecular formula is C15H13ClF3N. The van der Waals surface area contributed by atoms with E-state index in [1.165, 1.54) is 24.3 Å². The largest absolute Gasteiger partial charge is 0.313 e. The minimum atomic E-state index is -0.889. The molecule has 106 valence electrons. The number of hydrogen-bond acceptors (Lipinski definition) is 1. The van der Waals surface area contributed by atoms with Crippen molar-refractivity contribution < 1.29 is 13.2 Å². The zero-order valence-electron chi connectivity index (χ0n) is 10.8. The molecule has 0 spiro atoms. The van der Waals surface area contributed by atoms with E-state index >= 15 is 0 Å². The van der Waals surface area contributed by atoms with E-state index in [2.05, 4.69) is 5.32 Å². The standard InChI is InChI=1S/C15H13ClF3N/c1-20-14(9-5-6-11(16)13(18)7-9)8-10-3-2-4-12(17)15(10)19/h2-7,14,20H,8H2,1H3. The van der Waals surface area contributed by atoms with Gasteiger partial charge in [-0.2, -0.15) is 0 Å². The lowest BCUT2D eigenvalue weighted by molar-refractivity contribution is 0.486. The molecule has 2 aromatic carbocycles. The highest BCUT2D eigenvalue weighted by molar-refractivity contribution is 6.30. The number of nitrogens with one attached hydrogen (secondary N) is 1. The molecule has 0 radical (unpaired) electrons. The Morgan fingerprint density at radius 1 is 1.10 bits per heavy atom. The van der Waals surface area contributed by atoms with Crippen molar-refractivity contribution in [3.8, 4) is 0 Å². The predicted octanol–water partition coefficient (Wildman–Crippen LogP) is 4.26. The second-order valence-electron chi connectivity index (χ2n) is 4.43. The van der Waals surface area contributed by atoms with Gasteiger partial charge in [0.25, 0.3) is 0 Å². The van der Waals surface area contributed by atoms with Gasteiger partial charge in [0.15, 0.2) is 11.6 Å². The number of rotatable bonds is 4. The fourth-order valence-electron chi connectivity index (χ4n) is 2.04. The van der Waals surface area contributed by atoms with Crippen LogP contribution in [-0.4, -0.2) is 7.05 Å². The lowest BCUT2D eigenvalue weighted by Crippen LogP contribution is -2.19. The summed E-state index contributed by atoms with van der Waals surface area (Å²) in [6, 6.07) is 8.08. The molecule has 0 saturated carbocycles. The molecular weight excluding hydrogens is 287 g/mol. The maximum absolute atomic E-state index is 13.7. The van der Waals surface area contributed by atoms with Gasteiger partial charge in [-0.1, -0.05) is 29.8 Å². The Balaban J connectivity index is 2.28. The smallest absolute Gasteiger partial charge is 0.162 e. The first-order chi connectivity index (χ1) is 9.52. The van der Waals surface area contributed by atoms with Crippen LogP contribution in [0.3, 0.4) is 0 Å². The summed E-state index contributed by atoms with van der Waals surface area (Å²) in [6.45, 7) is 0. The van der Waals surface area contributed by atoms with Gasteiger partial charge in [0, 0.05) is 6.04 Å². The average molecular weight is 300 g/mol. The van der Waals surface area contributed by atoms with Crippen LogP contribution in [-0.2, 0) is 6.42 Å². The Bertz CT molecular complexity index is 616. The molecule has 20 heavy (non-hydrogen) atoms. The fraction of sp³-hybridized carbons (Fsp3) is 0.200. The molecule has 0 saturated heterocycles. The second-order valence-corrected chi connectivity index (χ2v) is 4.84. The van der Waals surface area contributed by atoms with Crippen LogP contribution in [0.25, 0.3) is 0 Å². The summed E-state index contributed by atoms with van der Waals surface area (Å²) >= 11 is 5.63. The molecule has 5 heteroatoms. The Morgan fingerprint density at radius 3 is 2.50 bits per heavy atom. The third-order valence-electron chi connectivity index (χ3n) is 3.15. The van der Waals surface area contributed by atoms with E-state index in [0.29, 0.717) is 5.56 Å². The van der Waals surface area contributed by atoms with Crippen LogP contribution in [0.2, 0.25) is 5.02 Å². The van der Waals surface area contributed by atoms with Gasteiger partial charge < -0.3 is 5.32 Å². The van der Waals surface area contributed by atoms with Crippen molar-refractivity contribution in [2.45, 2.75) is 12.5 Å². The van der Waals surface area contributed by atoms with Gasteiger partial charge in [-0.15, -0.1) is 0 Å². The van der Waals surface area contributed by atoms with Crippen LogP contribution in [0.15, 0.2) is 36.4 Å². The summed E-state index contributed by atoms with van der Waals surface area (Å²) in [4.78, 5) is 0. The maximum atomic E-state index is 13.7. The molecule has 1 atom stereocenters. The van der Waals surface area contributed by atoms with E-state index in [1.54, 1.807) is 13.1 Å². The molecule has 2 aromatic rings. The van der Waals surface area contributed by atoms with Crippen LogP contribution in [0.1, 0.15) is 17.2 Å². The molecule has 0 bridgehead atoms. The summed E-state index contributed by atoms with van der Waals surface area (Å²) in [6.07, 6.45) is 0.209. The molecule has 0 heterocycles. The van der Waals surface area contributed by atoms with Gasteiger partial charge in [-0.3, -0.25) is 0 Å². The fourth-order valence-corrected chi connectivity index (χ4v) is 2.16. The highest BCUT2D eigenvalue weighted by Crippen LogP contribution is 2.24. The third-order valence-corrected chi connectivity index (χ3v) is 3.46. The summed E-state index contributed by atoms with van der Waals surface area (Å²) in [7, 11) is 1.67. The van der Waals surface area contributed by atoms with Crippen LogP contribution >= 0.6 is 11.6 Å². The first-order valence-corrected chi connectivity index (χ1v) is 6.46. The van der Waals surface area contributed by atoms with E-state index in [1.807, 2.05) is 0 Å². The van der Waals surface area contributed by atoms with Gasteiger partial charge >= 0.3 is 0 Å². The minimum absolute atomic E-state index is 0.0283. The molecule has 0 aliphatic carbocycles. The lowest BCUT2D eigenvalue weighted by Gasteiger charge is -2.17. The Morgan fingerprint density at radius 2 is 1.85 bits per heavy atom. The summed E-state index contributed by atoms with van der Waals surface area (Å²) in [5, 5.41) is 2.99. The lowest BCUT2D eigenvalue weighted by atomic mass is 9.98. The van der Waals surface area contributed by atoms with Crippen molar-refractivity contribution in [3.63, 3.8) is 0 Å². The van der Waals surface area contributed by atoms with Gasteiger partial charge in [-0.25, -0.2) is 13.2 Å². The molecule has 1 unspecified atom stereocenters. The number of likely N-dealkylation sites (N-methyl/N-ethyl adjacent to an activating group) is 1. The second kappa shape index (κ2) is 6.29. The van der Waals surface area contributed by atoms with Crippen LogP contribution < -0.4 is 5.32 Å². The van der Waals surface area contributed by atoms with Gasteiger partial charge in [0.05, 0.1) is 5.02 Å². The first kappa shape index (κ1) is 14.9. The van der Waals surface area contributed by atoms with Crippen molar-refractivity contribution >= 4 is 11.6 Å². The van der Waals surface area contributed by atoms with Crippen molar-refractivity contribution in [2.24, 2.45) is 0 Å². The van der Waals surface area contributed by atoms with Crippen LogP contribution in [0.4, 0.5) is 13.2 Å². The van der Waals surface area contributed by atoms with Crippen LogP contribution in [0.5, 0.6) is 0 Å². The molecule has 0 aliphatic heterocycles. The number of halogens is 4. The third kappa shape index (κ3) is 3.14. The maximum Gasteiger partial charge on any atom is 0.162 e. The molecule has 1 N–H and O–H groups in total. The molecule has 0 aromatic heterocycles. The van der Waals surface area contributed by atoms with Crippen molar-refractivity contribution in [1.82, 2.24) is 5.32 Å². The van der Waals surface area contributed by atoms with Crippen LogP contribution in [0, 0.1) is 17.5 Å². The highest BCUT2D eigenvalue weighted by atomic mass is 35.5. The molecule has 0 amide bonds. The van der Waals surface area contributed by atoms with E-state index in [4.69, 9.17) is 11.6 Å². The van der Waals surface area contributed by atoms with E-state index < -0.39 is 17.5 Å². The quantitative estimate of drug-likeness (QED) is 0.889. The SMILES string of the molecule is CNC(Cc1cccc(F)c1F)c1ccc(Cl)c(F)c1. The van der Waals surface area contributed by atoms with Gasteiger partial charge in [0.1, 0.15) is 5.82 Å². The van der Waals surface area contributed by atoms with Crippen molar-refractivity contribution in [2.75, 3.05) is 7.05 Å². The van der Waals surface area contributed by atoms with E-state index in [-0.39, 0.29) is 23.0 Å². The monoisotopic (exact) mass is 299 g/mol. The Kier molecular flexibility index (Phi) is 4.68. The average Bonchev–Trinajstić information content (AvgIpc) is 2.44. The van der Waals surface area contributed by atoms with Gasteiger partial charge in [-0.05, 0) is 42.8 Å². The zero-order valence-corrected chi connectivity index (χ0v) is 11.5. The van der Waals surface area contributed by atoms with Crippen molar-refractivity contribution in [3.05, 3.63) is 70.0 Å². The summed E-state index contributed by atoms with van der Waals surface area (Å²) in [5.41, 5.74) is 0.859. The molecule has 2 rings (SSSR count). The zero-order chi connectivity index (χ0) is 14.7. The number of benzene rings is 2. The van der Waals surface area contributed by atoms with Crippen molar-refractivity contribution in [1.29, 1.82) is 0 Å². The van der Waals surface area contributed by atoms with E-state index in [0.717, 1.165) is 6.07 Å². The Labute approximate surface area is 120 Å². The minimum Gasteiger partial charge on any atom is -0.313 e. The predicted molar refractivity (Wildman–Crippen MR) is 73.3 cm³/mol. The molecule has 1 nitrogen and oxygen atoms in total. The number of hydrogen-bond donors (Lipinski definition) is 1. The summed E-state index contributed by atoms with van der Waals surface area (Å²) < 4.78 is 40.3. The normalized spacial score (nSPS) is 12.4. The summed E-state index contributed by atoms with van der Waals surface area (Å²) in [5.74, 6) is -2.30. The highest BCUT2D eigenvalue weighted by Gasteiger charge is 2.16. The van der Waals surface area contributed by atoms with E-state index in [9.17, 15) is 13.2 Å². The first-order valence-electron chi connectivity index (χ1n) is 6.08. The molecule has 0 fully saturated rings. The molecule has 0 aliphatic rings. The Hall–Kier alpha value is -1.52. The van der Waals surface area contributed by atoms with Gasteiger partial charge in [0.2, 0.25) is 0 Å².